The van der Waals surface area contributed by atoms with Crippen molar-refractivity contribution in [3.63, 3.8) is 0 Å². The molecule has 130 valence electrons. The van der Waals surface area contributed by atoms with Gasteiger partial charge in [0.05, 0.1) is 5.69 Å². The molecule has 25 heavy (non-hydrogen) atoms. The number of likely N-dealkylation sites (tertiary alicyclic amines) is 1. The van der Waals surface area contributed by atoms with Gasteiger partial charge in [0.15, 0.2) is 0 Å². The van der Waals surface area contributed by atoms with E-state index < -0.39 is 12.0 Å². The van der Waals surface area contributed by atoms with E-state index >= 15 is 0 Å². The number of aliphatic carboxylic acids is 1. The molecule has 1 aromatic carbocycles. The molecular formula is C19H21N3O3. The van der Waals surface area contributed by atoms with E-state index in [0.717, 1.165) is 31.4 Å². The monoisotopic (exact) mass is 339 g/mol. The Morgan fingerprint density at radius 3 is 2.76 bits per heavy atom. The number of hydrogen-bond acceptors (Lipinski definition) is 3. The first-order valence-electron chi connectivity index (χ1n) is 8.80. The van der Waals surface area contributed by atoms with Crippen molar-refractivity contribution >= 4 is 11.9 Å². The molecule has 1 saturated carbocycles. The van der Waals surface area contributed by atoms with Crippen molar-refractivity contribution in [1.29, 1.82) is 0 Å². The summed E-state index contributed by atoms with van der Waals surface area (Å²) in [7, 11) is 0. The molecule has 1 aliphatic heterocycles. The first-order chi connectivity index (χ1) is 12.1. The zero-order valence-electron chi connectivity index (χ0n) is 13.9. The van der Waals surface area contributed by atoms with E-state index in [4.69, 9.17) is 0 Å². The van der Waals surface area contributed by atoms with Gasteiger partial charge >= 0.3 is 5.97 Å². The molecule has 1 saturated heterocycles. The molecule has 2 aromatic rings. The van der Waals surface area contributed by atoms with Gasteiger partial charge in [-0.2, -0.15) is 5.10 Å². The fraction of sp³-hybridized carbons (Fsp3) is 0.421. The molecule has 0 spiro atoms. The van der Waals surface area contributed by atoms with Gasteiger partial charge in [-0.25, -0.2) is 9.48 Å². The second kappa shape index (κ2) is 6.35. The fourth-order valence-corrected chi connectivity index (χ4v) is 4.32. The zero-order chi connectivity index (χ0) is 17.4. The van der Waals surface area contributed by atoms with Crippen LogP contribution in [0.2, 0.25) is 0 Å². The Hall–Kier alpha value is -2.63. The number of nitrogens with zero attached hydrogens (tertiary/aromatic N) is 3. The Labute approximate surface area is 146 Å². The molecule has 2 aliphatic rings. The minimum atomic E-state index is -0.897. The predicted octanol–water partition coefficient (Wildman–Crippen LogP) is 2.73. The van der Waals surface area contributed by atoms with Gasteiger partial charge in [0.1, 0.15) is 6.04 Å². The molecule has 1 aromatic heterocycles. The van der Waals surface area contributed by atoms with E-state index in [1.54, 1.807) is 27.9 Å². The van der Waals surface area contributed by atoms with Gasteiger partial charge in [-0.3, -0.25) is 4.79 Å². The molecule has 1 aliphatic carbocycles. The number of hydrogen-bond donors (Lipinski definition) is 1. The van der Waals surface area contributed by atoms with E-state index in [0.29, 0.717) is 17.9 Å². The van der Waals surface area contributed by atoms with Crippen molar-refractivity contribution in [2.45, 2.75) is 44.2 Å². The first kappa shape index (κ1) is 15.9. The number of fused-ring (bicyclic) bond motifs is 1. The Bertz CT molecular complexity index is 787. The van der Waals surface area contributed by atoms with Crippen LogP contribution in [0.4, 0.5) is 0 Å². The van der Waals surface area contributed by atoms with Gasteiger partial charge in [-0.1, -0.05) is 18.9 Å². The number of aromatic nitrogens is 2. The summed E-state index contributed by atoms with van der Waals surface area (Å²) in [5, 5.41) is 13.8. The van der Waals surface area contributed by atoms with Crippen molar-refractivity contribution in [2.75, 3.05) is 0 Å². The number of carboxylic acid groups (broad SMARTS) is 1. The number of amides is 1. The molecule has 2 fully saturated rings. The smallest absolute Gasteiger partial charge is 0.326 e. The fourth-order valence-electron chi connectivity index (χ4n) is 4.32. The largest absolute Gasteiger partial charge is 0.480 e. The van der Waals surface area contributed by atoms with Gasteiger partial charge in [0.25, 0.3) is 5.91 Å². The van der Waals surface area contributed by atoms with Crippen molar-refractivity contribution in [2.24, 2.45) is 5.92 Å². The van der Waals surface area contributed by atoms with Gasteiger partial charge in [0.2, 0.25) is 0 Å². The lowest BCUT2D eigenvalue weighted by molar-refractivity contribution is -0.141. The quantitative estimate of drug-likeness (QED) is 0.933. The van der Waals surface area contributed by atoms with Crippen LogP contribution in [-0.4, -0.2) is 43.7 Å². The average Bonchev–Trinajstić information content (AvgIpc) is 3.29. The lowest BCUT2D eigenvalue weighted by atomic mass is 9.84. The summed E-state index contributed by atoms with van der Waals surface area (Å²) in [4.78, 5) is 26.5. The molecule has 0 bridgehead atoms. The van der Waals surface area contributed by atoms with Crippen molar-refractivity contribution in [3.05, 3.63) is 48.3 Å². The van der Waals surface area contributed by atoms with Crippen LogP contribution in [0, 0.1) is 5.92 Å². The summed E-state index contributed by atoms with van der Waals surface area (Å²) in [6, 6.07) is 8.39. The van der Waals surface area contributed by atoms with Crippen LogP contribution in [0.3, 0.4) is 0 Å². The van der Waals surface area contributed by atoms with E-state index in [9.17, 15) is 14.7 Å². The van der Waals surface area contributed by atoms with Gasteiger partial charge in [0, 0.05) is 24.0 Å². The minimum absolute atomic E-state index is 0.0516. The van der Waals surface area contributed by atoms with E-state index in [1.165, 1.54) is 0 Å². The van der Waals surface area contributed by atoms with Crippen LogP contribution in [0.1, 0.15) is 42.5 Å². The first-order valence-corrected chi connectivity index (χ1v) is 8.80. The van der Waals surface area contributed by atoms with Crippen LogP contribution in [0.25, 0.3) is 5.69 Å². The summed E-state index contributed by atoms with van der Waals surface area (Å²) in [5.74, 6) is -0.769. The third-order valence-corrected chi connectivity index (χ3v) is 5.47. The van der Waals surface area contributed by atoms with Gasteiger partial charge in [-0.15, -0.1) is 0 Å². The maximum atomic E-state index is 13.2. The number of carboxylic acids is 1. The average molecular weight is 339 g/mol. The summed E-state index contributed by atoms with van der Waals surface area (Å²) in [5.41, 5.74) is 1.31. The minimum Gasteiger partial charge on any atom is -0.480 e. The van der Waals surface area contributed by atoms with Crippen LogP contribution in [0.5, 0.6) is 0 Å². The molecule has 0 unspecified atom stereocenters. The van der Waals surface area contributed by atoms with E-state index in [2.05, 4.69) is 5.10 Å². The maximum Gasteiger partial charge on any atom is 0.326 e. The molecule has 4 rings (SSSR count). The summed E-state index contributed by atoms with van der Waals surface area (Å²) < 4.78 is 1.69. The summed E-state index contributed by atoms with van der Waals surface area (Å²) >= 11 is 0. The lowest BCUT2D eigenvalue weighted by Gasteiger charge is -2.33. The molecule has 3 atom stereocenters. The Morgan fingerprint density at radius 1 is 1.16 bits per heavy atom. The Kier molecular flexibility index (Phi) is 4.03. The molecule has 0 radical (unpaired) electrons. The van der Waals surface area contributed by atoms with Crippen molar-refractivity contribution < 1.29 is 14.7 Å². The summed E-state index contributed by atoms with van der Waals surface area (Å²) in [6.07, 6.45) is 8.18. The number of rotatable bonds is 3. The lowest BCUT2D eigenvalue weighted by Crippen LogP contribution is -2.46. The topological polar surface area (TPSA) is 75.4 Å². The third-order valence-electron chi connectivity index (χ3n) is 5.47. The Balaban J connectivity index is 1.67. The summed E-state index contributed by atoms with van der Waals surface area (Å²) in [6.45, 7) is 0. The van der Waals surface area contributed by atoms with Crippen LogP contribution in [-0.2, 0) is 4.79 Å². The maximum absolute atomic E-state index is 13.2. The third kappa shape index (κ3) is 2.81. The van der Waals surface area contributed by atoms with Crippen LogP contribution < -0.4 is 0 Å². The SMILES string of the molecule is O=C(O)[C@@H]1C[C@H]2CCCC[C@@H]2N1C(=O)c1cccc(-n2cccn2)c1. The molecule has 1 N–H and O–H groups in total. The Morgan fingerprint density at radius 2 is 2.00 bits per heavy atom. The molecule has 2 heterocycles. The van der Waals surface area contributed by atoms with E-state index in [-0.39, 0.29) is 11.9 Å². The molecule has 1 amide bonds. The van der Waals surface area contributed by atoms with Crippen molar-refractivity contribution in [3.8, 4) is 5.69 Å². The normalized spacial score (nSPS) is 25.6. The second-order valence-electron chi connectivity index (χ2n) is 6.92. The van der Waals surface area contributed by atoms with Crippen LogP contribution >= 0.6 is 0 Å². The highest BCUT2D eigenvalue weighted by Gasteiger charge is 2.47. The van der Waals surface area contributed by atoms with Gasteiger partial charge < -0.3 is 10.0 Å². The second-order valence-corrected chi connectivity index (χ2v) is 6.92. The van der Waals surface area contributed by atoms with Gasteiger partial charge in [-0.05, 0) is 49.4 Å². The molecule has 6 heteroatoms. The number of carbonyl (C=O) groups is 2. The molecular weight excluding hydrogens is 318 g/mol. The van der Waals surface area contributed by atoms with Crippen LogP contribution in [0.15, 0.2) is 42.7 Å². The standard InChI is InChI=1S/C19H21N3O3/c23-18(14-6-3-7-15(11-14)21-10-4-9-20-21)22-16-8-2-1-5-13(16)12-17(22)19(24)25/h3-4,6-7,9-11,13,16-17H,1-2,5,8,12H2,(H,24,25)/t13-,16+,17+/m1/s1. The molecule has 6 nitrogen and oxygen atoms in total. The predicted molar refractivity (Wildman–Crippen MR) is 91.5 cm³/mol. The zero-order valence-corrected chi connectivity index (χ0v) is 13.9. The highest BCUT2D eigenvalue weighted by molar-refractivity contribution is 5.97. The van der Waals surface area contributed by atoms with Crippen molar-refractivity contribution in [1.82, 2.24) is 14.7 Å². The number of carbonyl (C=O) groups excluding carboxylic acids is 1. The highest BCUT2D eigenvalue weighted by atomic mass is 16.4. The highest BCUT2D eigenvalue weighted by Crippen LogP contribution is 2.40. The van der Waals surface area contributed by atoms with E-state index in [1.807, 2.05) is 24.4 Å². The number of benzene rings is 1.